The molecular formula is C8H9F3N4O3. The zero-order valence-corrected chi connectivity index (χ0v) is 8.81. The molecule has 0 spiro atoms. The third-order valence-corrected chi connectivity index (χ3v) is 1.93. The third-order valence-electron chi connectivity index (χ3n) is 1.93. The van der Waals surface area contributed by atoms with Crippen molar-refractivity contribution >= 4 is 17.3 Å². The Bertz CT molecular complexity index is 452. The van der Waals surface area contributed by atoms with E-state index in [4.69, 9.17) is 10.8 Å². The summed E-state index contributed by atoms with van der Waals surface area (Å²) in [6, 6.07) is 2.15. The molecule has 0 aromatic carbocycles. The van der Waals surface area contributed by atoms with Crippen LogP contribution in [0.1, 0.15) is 0 Å². The second-order valence-electron chi connectivity index (χ2n) is 3.30. The Morgan fingerprint density at radius 3 is 2.67 bits per heavy atom. The summed E-state index contributed by atoms with van der Waals surface area (Å²) in [4.78, 5) is 13.2. The Labute approximate surface area is 98.6 Å². The highest BCUT2D eigenvalue weighted by Gasteiger charge is 2.38. The molecule has 0 fully saturated rings. The molecule has 100 valence electrons. The number of aromatic nitrogens is 1. The summed E-state index contributed by atoms with van der Waals surface area (Å²) in [6.45, 7) is -0.958. The number of hydrogen-bond acceptors (Lipinski definition) is 6. The lowest BCUT2D eigenvalue weighted by Gasteiger charge is -2.15. The predicted molar refractivity (Wildman–Crippen MR) is 55.9 cm³/mol. The third kappa shape index (κ3) is 3.45. The van der Waals surface area contributed by atoms with Gasteiger partial charge in [-0.1, -0.05) is 0 Å². The summed E-state index contributed by atoms with van der Waals surface area (Å²) in [5.74, 6) is -0.520. The van der Waals surface area contributed by atoms with Gasteiger partial charge in [0.05, 0.1) is 11.5 Å². The molecule has 1 aromatic rings. The number of aliphatic hydroxyl groups is 1. The average molecular weight is 266 g/mol. The zero-order valence-electron chi connectivity index (χ0n) is 8.81. The minimum atomic E-state index is -4.82. The standard InChI is InChI=1S/C8H9F3N4O3/c9-8(10,11)5(16)3-13-7-4(15(17)18)1-2-6(12)14-7/h1-2,5,16H,3H2,(H3,12,13,14). The van der Waals surface area contributed by atoms with Crippen LogP contribution in [-0.4, -0.2) is 33.8 Å². The lowest BCUT2D eigenvalue weighted by Crippen LogP contribution is -2.35. The Kier molecular flexibility index (Phi) is 3.91. The van der Waals surface area contributed by atoms with E-state index in [2.05, 4.69) is 4.98 Å². The molecule has 1 heterocycles. The number of nitrogen functional groups attached to an aromatic ring is 1. The van der Waals surface area contributed by atoms with Gasteiger partial charge in [0.1, 0.15) is 5.82 Å². The van der Waals surface area contributed by atoms with Gasteiger partial charge in [-0.25, -0.2) is 4.98 Å². The number of hydrogen-bond donors (Lipinski definition) is 3. The van der Waals surface area contributed by atoms with Crippen molar-refractivity contribution in [3.63, 3.8) is 0 Å². The Morgan fingerprint density at radius 1 is 1.56 bits per heavy atom. The van der Waals surface area contributed by atoms with Crippen molar-refractivity contribution < 1.29 is 23.2 Å². The van der Waals surface area contributed by atoms with Crippen LogP contribution in [0.2, 0.25) is 0 Å². The maximum absolute atomic E-state index is 12.0. The maximum Gasteiger partial charge on any atom is 0.416 e. The van der Waals surface area contributed by atoms with Gasteiger partial charge in [-0.2, -0.15) is 13.2 Å². The monoisotopic (exact) mass is 266 g/mol. The Balaban J connectivity index is 2.84. The highest BCUT2D eigenvalue weighted by molar-refractivity contribution is 5.59. The topological polar surface area (TPSA) is 114 Å². The molecule has 4 N–H and O–H groups in total. The number of halogens is 3. The van der Waals surface area contributed by atoms with Crippen molar-refractivity contribution in [3.8, 4) is 0 Å². The van der Waals surface area contributed by atoms with Crippen molar-refractivity contribution in [2.75, 3.05) is 17.6 Å². The van der Waals surface area contributed by atoms with E-state index >= 15 is 0 Å². The quantitative estimate of drug-likeness (QED) is 0.551. The van der Waals surface area contributed by atoms with E-state index in [0.717, 1.165) is 12.1 Å². The van der Waals surface area contributed by atoms with Crippen LogP contribution in [0.25, 0.3) is 0 Å². The van der Waals surface area contributed by atoms with Crippen molar-refractivity contribution in [1.29, 1.82) is 0 Å². The van der Waals surface area contributed by atoms with Crippen LogP contribution < -0.4 is 11.1 Å². The maximum atomic E-state index is 12.0. The number of nitrogens with zero attached hydrogens (tertiary/aromatic N) is 2. The highest BCUT2D eigenvalue weighted by Crippen LogP contribution is 2.24. The van der Waals surface area contributed by atoms with Crippen LogP contribution in [0.5, 0.6) is 0 Å². The molecule has 0 saturated carbocycles. The highest BCUT2D eigenvalue weighted by atomic mass is 19.4. The normalized spacial score (nSPS) is 13.1. The number of rotatable bonds is 4. The van der Waals surface area contributed by atoms with E-state index in [1.165, 1.54) is 0 Å². The lowest BCUT2D eigenvalue weighted by atomic mass is 10.3. The van der Waals surface area contributed by atoms with Crippen LogP contribution in [0.4, 0.5) is 30.5 Å². The van der Waals surface area contributed by atoms with Gasteiger partial charge in [-0.3, -0.25) is 10.1 Å². The molecule has 1 aromatic heterocycles. The molecular weight excluding hydrogens is 257 g/mol. The first kappa shape index (κ1) is 14.0. The van der Waals surface area contributed by atoms with Crippen LogP contribution in [0, 0.1) is 10.1 Å². The summed E-state index contributed by atoms with van der Waals surface area (Å²) in [5.41, 5.74) is 4.73. The van der Waals surface area contributed by atoms with Gasteiger partial charge in [0.15, 0.2) is 6.10 Å². The number of nitrogens with one attached hydrogen (secondary N) is 1. The average Bonchev–Trinajstić information content (AvgIpc) is 2.24. The van der Waals surface area contributed by atoms with Crippen molar-refractivity contribution in [2.24, 2.45) is 0 Å². The lowest BCUT2D eigenvalue weighted by molar-refractivity contribution is -0.384. The van der Waals surface area contributed by atoms with E-state index in [-0.39, 0.29) is 5.82 Å². The van der Waals surface area contributed by atoms with Gasteiger partial charge in [-0.15, -0.1) is 0 Å². The summed E-state index contributed by atoms with van der Waals surface area (Å²) in [6.07, 6.45) is -7.47. The largest absolute Gasteiger partial charge is 0.416 e. The van der Waals surface area contributed by atoms with Crippen molar-refractivity contribution in [2.45, 2.75) is 12.3 Å². The molecule has 1 unspecified atom stereocenters. The smallest absolute Gasteiger partial charge is 0.384 e. The fraction of sp³-hybridized carbons (Fsp3) is 0.375. The fourth-order valence-corrected chi connectivity index (χ4v) is 1.05. The van der Waals surface area contributed by atoms with Gasteiger partial charge in [0, 0.05) is 6.07 Å². The van der Waals surface area contributed by atoms with Crippen molar-refractivity contribution in [3.05, 3.63) is 22.2 Å². The first-order chi connectivity index (χ1) is 8.21. The van der Waals surface area contributed by atoms with Crippen LogP contribution in [0.3, 0.4) is 0 Å². The van der Waals surface area contributed by atoms with Gasteiger partial charge < -0.3 is 16.2 Å². The number of pyridine rings is 1. The second kappa shape index (κ2) is 5.04. The van der Waals surface area contributed by atoms with Crippen molar-refractivity contribution in [1.82, 2.24) is 4.98 Å². The minimum Gasteiger partial charge on any atom is -0.384 e. The number of alkyl halides is 3. The van der Waals surface area contributed by atoms with E-state index in [0.29, 0.717) is 0 Å². The van der Waals surface area contributed by atoms with E-state index in [1.807, 2.05) is 5.32 Å². The van der Waals surface area contributed by atoms with Gasteiger partial charge in [0.25, 0.3) is 0 Å². The Hall–Kier alpha value is -2.10. The molecule has 0 amide bonds. The number of nitrogens with two attached hydrogens (primary N) is 1. The molecule has 18 heavy (non-hydrogen) atoms. The van der Waals surface area contributed by atoms with Gasteiger partial charge in [0.2, 0.25) is 5.82 Å². The first-order valence-electron chi connectivity index (χ1n) is 4.61. The molecule has 0 bridgehead atoms. The van der Waals surface area contributed by atoms with Crippen LogP contribution in [0.15, 0.2) is 12.1 Å². The van der Waals surface area contributed by atoms with E-state index in [1.54, 1.807) is 0 Å². The second-order valence-corrected chi connectivity index (χ2v) is 3.30. The number of anilines is 2. The molecule has 1 rings (SSSR count). The first-order valence-corrected chi connectivity index (χ1v) is 4.61. The SMILES string of the molecule is Nc1ccc([N+](=O)[O-])c(NCC(O)C(F)(F)F)n1. The molecule has 0 saturated heterocycles. The predicted octanol–water partition coefficient (Wildman–Crippen LogP) is 0.907. The summed E-state index contributed by atoms with van der Waals surface area (Å²) >= 11 is 0. The fourth-order valence-electron chi connectivity index (χ4n) is 1.05. The molecule has 0 aliphatic heterocycles. The zero-order chi connectivity index (χ0) is 13.9. The van der Waals surface area contributed by atoms with Gasteiger partial charge in [-0.05, 0) is 6.07 Å². The molecule has 1 atom stereocenters. The van der Waals surface area contributed by atoms with Gasteiger partial charge >= 0.3 is 11.9 Å². The molecule has 0 radical (unpaired) electrons. The van der Waals surface area contributed by atoms with Crippen LogP contribution >= 0.6 is 0 Å². The Morgan fingerprint density at radius 2 is 2.17 bits per heavy atom. The number of aliphatic hydroxyl groups excluding tert-OH is 1. The summed E-state index contributed by atoms with van der Waals surface area (Å²) in [5, 5.41) is 21.3. The summed E-state index contributed by atoms with van der Waals surface area (Å²) < 4.78 is 36.1. The van der Waals surface area contributed by atoms with Crippen LogP contribution in [-0.2, 0) is 0 Å². The minimum absolute atomic E-state index is 0.0930. The number of nitro groups is 1. The van der Waals surface area contributed by atoms with E-state index < -0.39 is 35.3 Å². The molecule has 10 heteroatoms. The summed E-state index contributed by atoms with van der Waals surface area (Å²) in [7, 11) is 0. The molecule has 0 aliphatic rings. The molecule has 7 nitrogen and oxygen atoms in total. The molecule has 0 aliphatic carbocycles. The van der Waals surface area contributed by atoms with E-state index in [9.17, 15) is 23.3 Å².